The van der Waals surface area contributed by atoms with Crippen molar-refractivity contribution in [3.63, 3.8) is 0 Å². The van der Waals surface area contributed by atoms with Crippen LogP contribution in [0.15, 0.2) is 182 Å². The lowest BCUT2D eigenvalue weighted by molar-refractivity contribution is 1.32. The van der Waals surface area contributed by atoms with Gasteiger partial charge in [0.2, 0.25) is 0 Å². The first-order valence-electron chi connectivity index (χ1n) is 18.2. The lowest BCUT2D eigenvalue weighted by atomic mass is 9.91. The van der Waals surface area contributed by atoms with E-state index in [4.69, 9.17) is 19.9 Å². The van der Waals surface area contributed by atoms with Gasteiger partial charge >= 0.3 is 0 Å². The first-order valence-corrected chi connectivity index (χ1v) is 18.2. The predicted octanol–water partition coefficient (Wildman–Crippen LogP) is 12.9. The van der Waals surface area contributed by atoms with Crippen LogP contribution in [0.5, 0.6) is 0 Å². The molecule has 4 aromatic heterocycles. The Morgan fingerprint density at radius 3 is 1.78 bits per heavy atom. The van der Waals surface area contributed by atoms with Crippen molar-refractivity contribution in [2.24, 2.45) is 0 Å². The molecular weight excluding hydrogens is 657 g/mol. The number of para-hydroxylation sites is 3. The summed E-state index contributed by atoms with van der Waals surface area (Å²) < 4.78 is 0. The minimum Gasteiger partial charge on any atom is -0.256 e. The third-order valence-corrected chi connectivity index (χ3v) is 10.7. The lowest BCUT2D eigenvalue weighted by Gasteiger charge is -2.16. The van der Waals surface area contributed by atoms with Crippen LogP contribution in [-0.4, -0.2) is 19.9 Å². The molecule has 7 aromatic carbocycles. The highest BCUT2D eigenvalue weighted by molar-refractivity contribution is 6.24. The summed E-state index contributed by atoms with van der Waals surface area (Å²) >= 11 is 0. The smallest absolute Gasteiger partial charge is 0.0795 e. The summed E-state index contributed by atoms with van der Waals surface area (Å²) in [5.41, 5.74) is 10.9. The van der Waals surface area contributed by atoms with Crippen molar-refractivity contribution in [1.29, 1.82) is 0 Å². The molecule has 0 fully saturated rings. The molecule has 250 valence electrons. The molecule has 0 saturated carbocycles. The van der Waals surface area contributed by atoms with Gasteiger partial charge in [0.15, 0.2) is 0 Å². The van der Waals surface area contributed by atoms with Gasteiger partial charge in [0.05, 0.1) is 33.6 Å². The summed E-state index contributed by atoms with van der Waals surface area (Å²) in [5, 5.41) is 10.3. The molecule has 0 atom stereocenters. The molecule has 4 nitrogen and oxygen atoms in total. The van der Waals surface area contributed by atoms with Crippen LogP contribution in [-0.2, 0) is 0 Å². The summed E-state index contributed by atoms with van der Waals surface area (Å²) in [6.45, 7) is 0. The molecule has 0 unspecified atom stereocenters. The zero-order valence-electron chi connectivity index (χ0n) is 29.1. The first kappa shape index (κ1) is 30.3. The molecule has 4 heteroatoms. The highest BCUT2D eigenvalue weighted by atomic mass is 14.7. The summed E-state index contributed by atoms with van der Waals surface area (Å²) in [6.07, 6.45) is 3.72. The number of aromatic nitrogens is 4. The first-order chi connectivity index (χ1) is 26.8. The van der Waals surface area contributed by atoms with Crippen molar-refractivity contribution in [3.8, 4) is 44.9 Å². The number of rotatable bonds is 4. The van der Waals surface area contributed by atoms with Crippen molar-refractivity contribution in [2.45, 2.75) is 0 Å². The van der Waals surface area contributed by atoms with Crippen LogP contribution in [0.4, 0.5) is 0 Å². The van der Waals surface area contributed by atoms with E-state index in [1.807, 2.05) is 24.5 Å². The van der Waals surface area contributed by atoms with Gasteiger partial charge in [-0.05, 0) is 63.5 Å². The van der Waals surface area contributed by atoms with Crippen LogP contribution in [0.25, 0.3) is 110 Å². The minimum atomic E-state index is 0.866. The van der Waals surface area contributed by atoms with Gasteiger partial charge in [-0.25, -0.2) is 9.97 Å². The van der Waals surface area contributed by atoms with Crippen molar-refractivity contribution >= 4 is 65.0 Å². The number of nitrogens with zero attached hydrogens (tertiary/aromatic N) is 4. The lowest BCUT2D eigenvalue weighted by Crippen LogP contribution is -1.95. The van der Waals surface area contributed by atoms with E-state index in [0.29, 0.717) is 0 Å². The van der Waals surface area contributed by atoms with Gasteiger partial charge in [0.1, 0.15) is 0 Å². The van der Waals surface area contributed by atoms with E-state index in [2.05, 4.69) is 158 Å². The molecule has 0 spiro atoms. The normalized spacial score (nSPS) is 11.7. The average Bonchev–Trinajstić information content (AvgIpc) is 3.25. The summed E-state index contributed by atoms with van der Waals surface area (Å²) in [5.74, 6) is 0. The number of fused-ring (bicyclic) bond motifs is 8. The summed E-state index contributed by atoms with van der Waals surface area (Å²) in [7, 11) is 0. The van der Waals surface area contributed by atoms with E-state index >= 15 is 0 Å². The number of hydrogen-bond acceptors (Lipinski definition) is 4. The second-order valence-corrected chi connectivity index (χ2v) is 13.8. The van der Waals surface area contributed by atoms with E-state index in [0.717, 1.165) is 93.8 Å². The van der Waals surface area contributed by atoms with Gasteiger partial charge in [0.25, 0.3) is 0 Å². The zero-order chi connectivity index (χ0) is 35.6. The third-order valence-electron chi connectivity index (χ3n) is 10.7. The molecule has 11 aromatic rings. The fraction of sp³-hybridized carbons (Fsp3) is 0. The predicted molar refractivity (Wildman–Crippen MR) is 224 cm³/mol. The van der Waals surface area contributed by atoms with Crippen LogP contribution in [0.3, 0.4) is 0 Å². The zero-order valence-corrected chi connectivity index (χ0v) is 29.1. The molecule has 0 aliphatic rings. The number of pyridine rings is 4. The molecule has 0 bridgehead atoms. The van der Waals surface area contributed by atoms with E-state index in [1.165, 1.54) is 16.2 Å². The summed E-state index contributed by atoms with van der Waals surface area (Å²) in [4.78, 5) is 20.4. The van der Waals surface area contributed by atoms with Gasteiger partial charge < -0.3 is 0 Å². The van der Waals surface area contributed by atoms with Gasteiger partial charge in [-0.15, -0.1) is 0 Å². The average molecular weight is 687 g/mol. The molecule has 4 heterocycles. The van der Waals surface area contributed by atoms with Crippen molar-refractivity contribution in [2.75, 3.05) is 0 Å². The largest absolute Gasteiger partial charge is 0.256 e. The third kappa shape index (κ3) is 4.85. The molecule has 0 aliphatic carbocycles. The van der Waals surface area contributed by atoms with Crippen molar-refractivity contribution in [3.05, 3.63) is 182 Å². The Hall–Kier alpha value is -7.30. The maximum absolute atomic E-state index is 5.44. The summed E-state index contributed by atoms with van der Waals surface area (Å²) in [6, 6.07) is 60.0. The van der Waals surface area contributed by atoms with Crippen LogP contribution >= 0.6 is 0 Å². The Balaban J connectivity index is 1.20. The molecule has 0 amide bonds. The van der Waals surface area contributed by atoms with Crippen LogP contribution < -0.4 is 0 Å². The van der Waals surface area contributed by atoms with Gasteiger partial charge in [0, 0.05) is 61.6 Å². The molecule has 0 radical (unpaired) electrons. The Labute approximate surface area is 311 Å². The topological polar surface area (TPSA) is 51.6 Å². The fourth-order valence-corrected chi connectivity index (χ4v) is 8.20. The van der Waals surface area contributed by atoms with E-state index < -0.39 is 0 Å². The number of hydrogen-bond donors (Lipinski definition) is 0. The van der Waals surface area contributed by atoms with E-state index in [9.17, 15) is 0 Å². The Bertz CT molecular complexity index is 3190. The molecule has 0 aliphatic heterocycles. The van der Waals surface area contributed by atoms with Crippen LogP contribution in [0.2, 0.25) is 0 Å². The molecule has 11 rings (SSSR count). The van der Waals surface area contributed by atoms with Crippen LogP contribution in [0, 0.1) is 0 Å². The van der Waals surface area contributed by atoms with Gasteiger partial charge in [-0.2, -0.15) is 0 Å². The standard InChI is InChI=1S/C50H30N4/c1-2-11-34-28-35(23-22-31(34)10-1)50-43-25-24-38-39(18-7-19-40(38)47(43)41-16-3-4-21-44(41)54-50)45-29-36(37-17-5-12-32-14-8-26-51-48(32)37)30-46(53-45)42-20-6-13-33-15-9-27-52-49(33)42/h1-30H. The molecule has 0 saturated heterocycles. The Morgan fingerprint density at radius 1 is 0.333 bits per heavy atom. The quantitative estimate of drug-likeness (QED) is 0.173. The van der Waals surface area contributed by atoms with Gasteiger partial charge in [-0.1, -0.05) is 133 Å². The highest BCUT2D eigenvalue weighted by Crippen LogP contribution is 2.42. The Morgan fingerprint density at radius 2 is 0.944 bits per heavy atom. The molecule has 54 heavy (non-hydrogen) atoms. The van der Waals surface area contributed by atoms with Crippen molar-refractivity contribution < 1.29 is 0 Å². The molecule has 0 N–H and O–H groups in total. The maximum atomic E-state index is 5.44. The van der Waals surface area contributed by atoms with E-state index in [-0.39, 0.29) is 0 Å². The Kier molecular flexibility index (Phi) is 6.82. The highest BCUT2D eigenvalue weighted by Gasteiger charge is 2.18. The van der Waals surface area contributed by atoms with Gasteiger partial charge in [-0.3, -0.25) is 9.97 Å². The number of benzene rings is 7. The molecular formula is C50H30N4. The van der Waals surface area contributed by atoms with Crippen molar-refractivity contribution in [1.82, 2.24) is 19.9 Å². The fourth-order valence-electron chi connectivity index (χ4n) is 8.20. The van der Waals surface area contributed by atoms with E-state index in [1.54, 1.807) is 0 Å². The second kappa shape index (κ2) is 12.1. The SMILES string of the molecule is c1ccc2cc(-c3nc4ccccc4c4c3ccc3c(-c5cc(-c6cccc7cccnc67)cc(-c6cccc7cccnc67)n5)cccc34)ccc2c1. The maximum Gasteiger partial charge on any atom is 0.0795 e. The van der Waals surface area contributed by atoms with Crippen LogP contribution in [0.1, 0.15) is 0 Å². The minimum absolute atomic E-state index is 0.866. The monoisotopic (exact) mass is 686 g/mol. The second-order valence-electron chi connectivity index (χ2n) is 13.8.